The van der Waals surface area contributed by atoms with Crippen LogP contribution in [-0.4, -0.2) is 61.6 Å². The molecule has 29 heavy (non-hydrogen) atoms. The zero-order chi connectivity index (χ0) is 20.5. The van der Waals surface area contributed by atoms with Gasteiger partial charge in [0.2, 0.25) is 17.7 Å². The molecular weight excluding hydrogens is 372 g/mol. The van der Waals surface area contributed by atoms with E-state index in [0.29, 0.717) is 42.4 Å². The van der Waals surface area contributed by atoms with E-state index in [1.54, 1.807) is 13.3 Å². The molecular formula is C20H24N6O3. The van der Waals surface area contributed by atoms with Gasteiger partial charge in [-0.1, -0.05) is 6.92 Å². The van der Waals surface area contributed by atoms with Gasteiger partial charge in [-0.15, -0.1) is 0 Å². The van der Waals surface area contributed by atoms with Gasteiger partial charge < -0.3 is 18.9 Å². The van der Waals surface area contributed by atoms with Crippen molar-refractivity contribution in [3.8, 4) is 23.1 Å². The molecule has 1 fully saturated rings. The average molecular weight is 396 g/mol. The second kappa shape index (κ2) is 7.65. The highest BCUT2D eigenvalue weighted by atomic mass is 16.5. The monoisotopic (exact) mass is 396 g/mol. The molecule has 1 amide bonds. The lowest BCUT2D eigenvalue weighted by atomic mass is 10.2. The number of rotatable bonds is 5. The van der Waals surface area contributed by atoms with Gasteiger partial charge in [-0.25, -0.2) is 15.0 Å². The topological polar surface area (TPSA) is 95.3 Å². The van der Waals surface area contributed by atoms with Gasteiger partial charge in [0.05, 0.1) is 13.7 Å². The Kier molecular flexibility index (Phi) is 5.04. The Balaban J connectivity index is 1.65. The summed E-state index contributed by atoms with van der Waals surface area (Å²) >= 11 is 0. The van der Waals surface area contributed by atoms with Gasteiger partial charge in [0.1, 0.15) is 18.3 Å². The smallest absolute Gasteiger partial charge is 0.245 e. The molecule has 0 aliphatic carbocycles. The molecule has 1 aliphatic rings. The van der Waals surface area contributed by atoms with Crippen molar-refractivity contribution in [1.82, 2.24) is 29.4 Å². The van der Waals surface area contributed by atoms with Crippen LogP contribution in [0.25, 0.3) is 22.6 Å². The highest BCUT2D eigenvalue weighted by molar-refractivity contribution is 5.81. The lowest BCUT2D eigenvalue weighted by Crippen LogP contribution is -2.30. The average Bonchev–Trinajstić information content (AvgIpc) is 3.33. The van der Waals surface area contributed by atoms with Crippen molar-refractivity contribution in [2.45, 2.75) is 32.8 Å². The number of carbonyl (C=O) groups excluding carboxylic acids is 1. The second-order valence-corrected chi connectivity index (χ2v) is 7.12. The number of methoxy groups -OCH3 is 1. The molecule has 3 aromatic rings. The Bertz CT molecular complexity index is 1060. The number of aryl methyl sites for hydroxylation is 2. The van der Waals surface area contributed by atoms with Crippen molar-refractivity contribution in [2.75, 3.05) is 20.2 Å². The molecule has 4 heterocycles. The molecule has 0 N–H and O–H groups in total. The maximum atomic E-state index is 11.9. The highest BCUT2D eigenvalue weighted by Gasteiger charge is 2.28. The Morgan fingerprint density at radius 1 is 1.28 bits per heavy atom. The van der Waals surface area contributed by atoms with Crippen molar-refractivity contribution < 1.29 is 14.3 Å². The number of aromatic nitrogens is 5. The fourth-order valence-corrected chi connectivity index (χ4v) is 3.65. The maximum absolute atomic E-state index is 11.9. The first-order valence-corrected chi connectivity index (χ1v) is 9.64. The van der Waals surface area contributed by atoms with Crippen molar-refractivity contribution in [3.05, 3.63) is 24.2 Å². The van der Waals surface area contributed by atoms with Crippen molar-refractivity contribution in [2.24, 2.45) is 7.05 Å². The molecule has 1 unspecified atom stereocenters. The molecule has 0 aromatic carbocycles. The Morgan fingerprint density at radius 2 is 2.10 bits per heavy atom. The minimum atomic E-state index is -0.0982. The first-order chi connectivity index (χ1) is 14.0. The number of fused-ring (bicyclic) bond motifs is 1. The number of ether oxygens (including phenoxy) is 2. The number of carbonyl (C=O) groups is 1. The number of amides is 1. The first kappa shape index (κ1) is 19.1. The van der Waals surface area contributed by atoms with Crippen LogP contribution in [0.3, 0.4) is 0 Å². The van der Waals surface area contributed by atoms with E-state index in [9.17, 15) is 4.79 Å². The number of hydrogen-bond donors (Lipinski definition) is 0. The summed E-state index contributed by atoms with van der Waals surface area (Å²) < 4.78 is 13.3. The highest BCUT2D eigenvalue weighted by Crippen LogP contribution is 2.29. The van der Waals surface area contributed by atoms with Crippen LogP contribution in [0.4, 0.5) is 0 Å². The van der Waals surface area contributed by atoms with E-state index in [-0.39, 0.29) is 12.0 Å². The van der Waals surface area contributed by atoms with Gasteiger partial charge in [0, 0.05) is 43.8 Å². The number of imidazole rings is 1. The third kappa shape index (κ3) is 3.48. The van der Waals surface area contributed by atoms with E-state index < -0.39 is 0 Å². The molecule has 0 spiro atoms. The van der Waals surface area contributed by atoms with E-state index >= 15 is 0 Å². The number of pyridine rings is 1. The van der Waals surface area contributed by atoms with Crippen LogP contribution >= 0.6 is 0 Å². The molecule has 9 heteroatoms. The Hall–Kier alpha value is -3.23. The fourth-order valence-electron chi connectivity index (χ4n) is 3.65. The van der Waals surface area contributed by atoms with Gasteiger partial charge in [0.15, 0.2) is 11.2 Å². The summed E-state index contributed by atoms with van der Waals surface area (Å²) in [6, 6.07) is 1.98. The fraction of sp³-hybridized carbons (Fsp3) is 0.450. The number of nitrogens with zero attached hydrogens (tertiary/aromatic N) is 6. The zero-order valence-corrected chi connectivity index (χ0v) is 17.0. The van der Waals surface area contributed by atoms with Gasteiger partial charge in [-0.3, -0.25) is 4.79 Å². The van der Waals surface area contributed by atoms with Crippen LogP contribution in [0.15, 0.2) is 18.6 Å². The van der Waals surface area contributed by atoms with E-state index in [0.717, 1.165) is 23.4 Å². The first-order valence-electron chi connectivity index (χ1n) is 9.64. The largest absolute Gasteiger partial charge is 0.481 e. The molecule has 0 bridgehead atoms. The van der Waals surface area contributed by atoms with E-state index in [1.165, 1.54) is 6.33 Å². The minimum Gasteiger partial charge on any atom is -0.481 e. The van der Waals surface area contributed by atoms with E-state index in [4.69, 9.17) is 14.5 Å². The van der Waals surface area contributed by atoms with E-state index in [2.05, 4.69) is 15.0 Å². The van der Waals surface area contributed by atoms with Gasteiger partial charge in [0.25, 0.3) is 0 Å². The van der Waals surface area contributed by atoms with Crippen LogP contribution in [0, 0.1) is 6.92 Å². The summed E-state index contributed by atoms with van der Waals surface area (Å²) in [5.41, 5.74) is 3.05. The third-order valence-electron chi connectivity index (χ3n) is 5.18. The summed E-state index contributed by atoms with van der Waals surface area (Å²) in [6.07, 6.45) is 4.39. The van der Waals surface area contributed by atoms with Gasteiger partial charge in [-0.2, -0.15) is 4.98 Å². The minimum absolute atomic E-state index is 0.0982. The third-order valence-corrected chi connectivity index (χ3v) is 5.18. The molecule has 1 saturated heterocycles. The molecule has 4 rings (SSSR count). The Morgan fingerprint density at radius 3 is 2.83 bits per heavy atom. The van der Waals surface area contributed by atoms with Crippen LogP contribution in [0.2, 0.25) is 0 Å². The molecule has 9 nitrogen and oxygen atoms in total. The standard InChI is InChI=1S/C20H24N6O3/c1-5-15(27)26-7-6-14(10-26)29-20-16-18(22-11-23-20)25(3)17(24-16)13-8-12(2)19(28-4)21-9-13/h8-9,11,14H,5-7,10H2,1-4H3. The molecule has 3 aromatic heterocycles. The number of likely N-dealkylation sites (tertiary alicyclic amines) is 1. The predicted molar refractivity (Wildman–Crippen MR) is 107 cm³/mol. The van der Waals surface area contributed by atoms with Crippen LogP contribution in [0.5, 0.6) is 11.8 Å². The lowest BCUT2D eigenvalue weighted by Gasteiger charge is -2.16. The summed E-state index contributed by atoms with van der Waals surface area (Å²) in [5.74, 6) is 1.89. The summed E-state index contributed by atoms with van der Waals surface area (Å²) in [5, 5.41) is 0. The second-order valence-electron chi connectivity index (χ2n) is 7.12. The molecule has 0 saturated carbocycles. The van der Waals surface area contributed by atoms with E-state index in [1.807, 2.05) is 36.4 Å². The molecule has 0 radical (unpaired) electrons. The molecule has 1 atom stereocenters. The Labute approximate surface area is 168 Å². The van der Waals surface area contributed by atoms with Gasteiger partial charge >= 0.3 is 0 Å². The molecule has 152 valence electrons. The van der Waals surface area contributed by atoms with Crippen LogP contribution < -0.4 is 9.47 Å². The summed E-state index contributed by atoms with van der Waals surface area (Å²) in [4.78, 5) is 31.5. The van der Waals surface area contributed by atoms with Crippen LogP contribution in [0.1, 0.15) is 25.3 Å². The SMILES string of the molecule is CCC(=O)N1CCC(Oc2ncnc3c2nc(-c2cnc(OC)c(C)c2)n3C)C1. The normalized spacial score (nSPS) is 16.4. The van der Waals surface area contributed by atoms with Gasteiger partial charge in [-0.05, 0) is 13.0 Å². The summed E-state index contributed by atoms with van der Waals surface area (Å²) in [7, 11) is 3.50. The van der Waals surface area contributed by atoms with Crippen LogP contribution in [-0.2, 0) is 11.8 Å². The zero-order valence-electron chi connectivity index (χ0n) is 17.0. The van der Waals surface area contributed by atoms with Crippen molar-refractivity contribution >= 4 is 17.1 Å². The quantitative estimate of drug-likeness (QED) is 0.652. The lowest BCUT2D eigenvalue weighted by molar-refractivity contribution is -0.130. The van der Waals surface area contributed by atoms with Crippen molar-refractivity contribution in [1.29, 1.82) is 0 Å². The number of hydrogen-bond acceptors (Lipinski definition) is 7. The predicted octanol–water partition coefficient (Wildman–Crippen LogP) is 2.13. The van der Waals surface area contributed by atoms with Crippen molar-refractivity contribution in [3.63, 3.8) is 0 Å². The maximum Gasteiger partial charge on any atom is 0.245 e. The summed E-state index contributed by atoms with van der Waals surface area (Å²) in [6.45, 7) is 5.08. The molecule has 1 aliphatic heterocycles.